The van der Waals surface area contributed by atoms with Crippen molar-refractivity contribution in [2.24, 2.45) is 0 Å². The largest absolute Gasteiger partial charge is 0.461 e. The van der Waals surface area contributed by atoms with Crippen molar-refractivity contribution in [3.63, 3.8) is 0 Å². The fourth-order valence-electron chi connectivity index (χ4n) is 3.02. The summed E-state index contributed by atoms with van der Waals surface area (Å²) >= 11 is 0. The van der Waals surface area contributed by atoms with Gasteiger partial charge >= 0.3 is 5.97 Å². The van der Waals surface area contributed by atoms with Gasteiger partial charge in [-0.3, -0.25) is 9.69 Å². The predicted molar refractivity (Wildman–Crippen MR) is 92.5 cm³/mol. The number of esters is 1. The summed E-state index contributed by atoms with van der Waals surface area (Å²) in [6, 6.07) is 0. The fraction of sp³-hybridized carbons (Fsp3) is 0.895. The van der Waals surface area contributed by atoms with Gasteiger partial charge in [-0.2, -0.15) is 0 Å². The number of carbonyl (C=O) groups is 1. The third-order valence-electron chi connectivity index (χ3n) is 4.50. The van der Waals surface area contributed by atoms with E-state index in [1.807, 2.05) is 0 Å². The van der Waals surface area contributed by atoms with Crippen molar-refractivity contribution in [3.8, 4) is 0 Å². The summed E-state index contributed by atoms with van der Waals surface area (Å²) in [5.41, 5.74) is 0. The molecule has 0 spiro atoms. The molecule has 1 heterocycles. The molecular weight excluding hydrogens is 274 g/mol. The Morgan fingerprint density at radius 1 is 1.00 bits per heavy atom. The lowest BCUT2D eigenvalue weighted by Crippen LogP contribution is -2.23. The highest BCUT2D eigenvalue weighted by Gasteiger charge is 2.24. The molecule has 1 rings (SSSR count). The molecule has 1 radical (unpaired) electrons. The smallest absolute Gasteiger partial charge is 0.306 e. The van der Waals surface area contributed by atoms with E-state index in [2.05, 4.69) is 25.3 Å². The second kappa shape index (κ2) is 12.9. The monoisotopic (exact) mass is 310 g/mol. The number of rotatable bonds is 13. The van der Waals surface area contributed by atoms with Gasteiger partial charge in [0.15, 0.2) is 0 Å². The highest BCUT2D eigenvalue weighted by atomic mass is 16.5. The third kappa shape index (κ3) is 9.45. The zero-order valence-electron chi connectivity index (χ0n) is 14.8. The van der Waals surface area contributed by atoms with Crippen LogP contribution >= 0.6 is 0 Å². The van der Waals surface area contributed by atoms with E-state index >= 15 is 0 Å². The maximum absolute atomic E-state index is 11.8. The Bertz CT molecular complexity index is 281. The van der Waals surface area contributed by atoms with Gasteiger partial charge in [-0.1, -0.05) is 71.6 Å². The van der Waals surface area contributed by atoms with Crippen molar-refractivity contribution in [2.75, 3.05) is 13.1 Å². The molecule has 0 amide bonds. The van der Waals surface area contributed by atoms with E-state index in [4.69, 9.17) is 4.74 Å². The molecular formula is C19H36NO2. The van der Waals surface area contributed by atoms with Gasteiger partial charge in [0, 0.05) is 25.9 Å². The van der Waals surface area contributed by atoms with Gasteiger partial charge in [0.25, 0.3) is 0 Å². The normalized spacial score (nSPS) is 18.7. The molecule has 1 aliphatic rings. The number of hydrogen-bond acceptors (Lipinski definition) is 3. The van der Waals surface area contributed by atoms with Gasteiger partial charge in [-0.25, -0.2) is 0 Å². The lowest BCUT2D eigenvalue weighted by molar-refractivity contribution is -0.148. The second-order valence-corrected chi connectivity index (χ2v) is 6.55. The molecule has 1 unspecified atom stereocenters. The van der Waals surface area contributed by atoms with E-state index in [0.717, 1.165) is 25.9 Å². The summed E-state index contributed by atoms with van der Waals surface area (Å²) in [4.78, 5) is 14.0. The van der Waals surface area contributed by atoms with Crippen LogP contribution in [0.15, 0.2) is 0 Å². The molecule has 0 aromatic carbocycles. The third-order valence-corrected chi connectivity index (χ3v) is 4.50. The van der Waals surface area contributed by atoms with Gasteiger partial charge in [-0.05, 0) is 13.0 Å². The Hall–Kier alpha value is -0.570. The Balaban J connectivity index is 1.85. The van der Waals surface area contributed by atoms with Crippen molar-refractivity contribution in [1.82, 2.24) is 4.90 Å². The summed E-state index contributed by atoms with van der Waals surface area (Å²) in [5, 5.41) is 0. The number of nitrogens with zero attached hydrogens (tertiary/aromatic N) is 1. The van der Waals surface area contributed by atoms with E-state index in [1.54, 1.807) is 0 Å². The van der Waals surface area contributed by atoms with Crippen molar-refractivity contribution >= 4 is 5.97 Å². The van der Waals surface area contributed by atoms with E-state index in [1.165, 1.54) is 57.8 Å². The molecule has 1 fully saturated rings. The van der Waals surface area contributed by atoms with Crippen LogP contribution < -0.4 is 0 Å². The number of unbranched alkanes of at least 4 members (excludes halogenated alkanes) is 9. The molecule has 1 saturated heterocycles. The van der Waals surface area contributed by atoms with Crippen molar-refractivity contribution in [2.45, 2.75) is 97.0 Å². The lowest BCUT2D eigenvalue weighted by atomic mass is 10.1. The maximum atomic E-state index is 11.8. The average Bonchev–Trinajstić information content (AvgIpc) is 2.96. The molecule has 129 valence electrons. The quantitative estimate of drug-likeness (QED) is 0.350. The van der Waals surface area contributed by atoms with E-state index < -0.39 is 0 Å². The zero-order valence-corrected chi connectivity index (χ0v) is 14.8. The summed E-state index contributed by atoms with van der Waals surface area (Å²) in [6.45, 7) is 8.42. The second-order valence-electron chi connectivity index (χ2n) is 6.55. The van der Waals surface area contributed by atoms with Crippen molar-refractivity contribution in [3.05, 3.63) is 6.54 Å². The van der Waals surface area contributed by atoms with Crippen LogP contribution in [0.5, 0.6) is 0 Å². The average molecular weight is 311 g/mol. The molecule has 1 atom stereocenters. The SMILES string of the molecule is CCCCCCCCCCCCC(=O)OC1C[CH]N(CC)C1. The standard InChI is InChI=1S/C19H36NO2/c1-3-5-6-7-8-9-10-11-12-13-14-19(21)22-18-15-16-20(4-2)17-18/h16,18H,3-15,17H2,1-2H3. The molecule has 0 bridgehead atoms. The van der Waals surface area contributed by atoms with Crippen LogP contribution in [-0.2, 0) is 9.53 Å². The number of ether oxygens (including phenoxy) is 1. The van der Waals surface area contributed by atoms with Crippen LogP contribution in [0.4, 0.5) is 0 Å². The molecule has 3 heteroatoms. The van der Waals surface area contributed by atoms with Crippen LogP contribution in [0.3, 0.4) is 0 Å². The van der Waals surface area contributed by atoms with Crippen LogP contribution in [0.2, 0.25) is 0 Å². The first-order chi connectivity index (χ1) is 10.8. The molecule has 0 aliphatic carbocycles. The zero-order chi connectivity index (χ0) is 16.0. The van der Waals surface area contributed by atoms with Crippen LogP contribution in [0, 0.1) is 6.54 Å². The Morgan fingerprint density at radius 3 is 2.14 bits per heavy atom. The molecule has 0 aromatic heterocycles. The van der Waals surface area contributed by atoms with Crippen LogP contribution in [0.1, 0.15) is 90.9 Å². The van der Waals surface area contributed by atoms with Crippen LogP contribution in [0.25, 0.3) is 0 Å². The molecule has 1 aliphatic heterocycles. The molecule has 22 heavy (non-hydrogen) atoms. The minimum atomic E-state index is -0.00378. The topological polar surface area (TPSA) is 29.5 Å². The summed E-state index contributed by atoms with van der Waals surface area (Å²) < 4.78 is 5.51. The molecule has 0 aromatic rings. The number of likely N-dealkylation sites (tertiary alicyclic amines) is 1. The number of likely N-dealkylation sites (N-methyl/N-ethyl adjacent to an activating group) is 1. The first kappa shape index (κ1) is 19.5. The Morgan fingerprint density at radius 2 is 1.59 bits per heavy atom. The highest BCUT2D eigenvalue weighted by Crippen LogP contribution is 2.17. The summed E-state index contributed by atoms with van der Waals surface area (Å²) in [6.07, 6.45) is 14.6. The minimum absolute atomic E-state index is 0.00378. The van der Waals surface area contributed by atoms with E-state index in [-0.39, 0.29) is 12.1 Å². The first-order valence-electron chi connectivity index (χ1n) is 9.53. The van der Waals surface area contributed by atoms with Crippen molar-refractivity contribution in [1.29, 1.82) is 0 Å². The Kier molecular flexibility index (Phi) is 11.4. The highest BCUT2D eigenvalue weighted by molar-refractivity contribution is 5.69. The predicted octanol–water partition coefficient (Wildman–Crippen LogP) is 5.10. The van der Waals surface area contributed by atoms with Gasteiger partial charge < -0.3 is 4.74 Å². The fourth-order valence-corrected chi connectivity index (χ4v) is 3.02. The van der Waals surface area contributed by atoms with Gasteiger partial charge in [-0.15, -0.1) is 0 Å². The summed E-state index contributed by atoms with van der Waals surface area (Å²) in [5.74, 6) is -0.00378. The van der Waals surface area contributed by atoms with Crippen molar-refractivity contribution < 1.29 is 9.53 Å². The van der Waals surface area contributed by atoms with Gasteiger partial charge in [0.1, 0.15) is 6.10 Å². The van der Waals surface area contributed by atoms with E-state index in [0.29, 0.717) is 6.42 Å². The molecule has 0 N–H and O–H groups in total. The lowest BCUT2D eigenvalue weighted by Gasteiger charge is -2.13. The first-order valence-corrected chi connectivity index (χ1v) is 9.53. The van der Waals surface area contributed by atoms with Gasteiger partial charge in [0.2, 0.25) is 0 Å². The number of carbonyl (C=O) groups excluding carboxylic acids is 1. The van der Waals surface area contributed by atoms with Gasteiger partial charge in [0.05, 0.1) is 0 Å². The van der Waals surface area contributed by atoms with E-state index in [9.17, 15) is 4.79 Å². The summed E-state index contributed by atoms with van der Waals surface area (Å²) in [7, 11) is 0. The maximum Gasteiger partial charge on any atom is 0.306 e. The Labute approximate surface area is 137 Å². The molecule has 3 nitrogen and oxygen atoms in total. The molecule has 0 saturated carbocycles. The minimum Gasteiger partial charge on any atom is -0.461 e. The van der Waals surface area contributed by atoms with Crippen LogP contribution in [-0.4, -0.2) is 30.1 Å². The number of hydrogen-bond donors (Lipinski definition) is 0.